The van der Waals surface area contributed by atoms with Gasteiger partial charge in [0.1, 0.15) is 5.75 Å². The van der Waals surface area contributed by atoms with Gasteiger partial charge in [0.2, 0.25) is 0 Å². The van der Waals surface area contributed by atoms with Gasteiger partial charge in [-0.25, -0.2) is 0 Å². The van der Waals surface area contributed by atoms with Crippen molar-refractivity contribution in [3.05, 3.63) is 65.2 Å². The Morgan fingerprint density at radius 1 is 0.950 bits per heavy atom. The highest BCUT2D eigenvalue weighted by molar-refractivity contribution is 6.03. The first-order chi connectivity index (χ1) is 9.81. The van der Waals surface area contributed by atoms with Crippen LogP contribution >= 0.6 is 0 Å². The Bertz CT molecular complexity index is 689. The molecule has 3 aliphatic carbocycles. The van der Waals surface area contributed by atoms with E-state index in [0.717, 1.165) is 17.7 Å². The van der Waals surface area contributed by atoms with Crippen LogP contribution in [0.3, 0.4) is 0 Å². The Labute approximate surface area is 118 Å². The van der Waals surface area contributed by atoms with Crippen LogP contribution in [0.1, 0.15) is 39.7 Å². The summed E-state index contributed by atoms with van der Waals surface area (Å²) in [7, 11) is 1.70. The summed E-state index contributed by atoms with van der Waals surface area (Å²) in [4.78, 5) is 12.6. The molecule has 3 atom stereocenters. The Balaban J connectivity index is 1.83. The third-order valence-electron chi connectivity index (χ3n) is 4.84. The molecule has 0 spiro atoms. The van der Waals surface area contributed by atoms with Crippen molar-refractivity contribution in [1.29, 1.82) is 0 Å². The van der Waals surface area contributed by atoms with Crippen molar-refractivity contribution in [2.24, 2.45) is 5.92 Å². The molecular weight excluding hydrogens is 248 g/mol. The van der Waals surface area contributed by atoms with Crippen LogP contribution in [0, 0.1) is 5.92 Å². The Kier molecular flexibility index (Phi) is 2.46. The van der Waals surface area contributed by atoms with Crippen molar-refractivity contribution in [2.75, 3.05) is 7.11 Å². The number of hydrogen-bond acceptors (Lipinski definition) is 2. The van der Waals surface area contributed by atoms with Gasteiger partial charge in [-0.3, -0.25) is 4.79 Å². The van der Waals surface area contributed by atoms with Crippen LogP contribution in [0.2, 0.25) is 0 Å². The van der Waals surface area contributed by atoms with Crippen LogP contribution in [0.15, 0.2) is 48.5 Å². The van der Waals surface area contributed by atoms with E-state index in [1.807, 2.05) is 36.4 Å². The molecular formula is C18H16O2. The molecule has 2 nitrogen and oxygen atoms in total. The maximum absolute atomic E-state index is 12.6. The molecule has 5 rings (SSSR count). The standard InChI is InChI=1S/C18H16O2/c1-20-16-9-5-4-8-13(16)17-14-10-15(17)18(19)12-7-3-2-6-11(12)14/h2-9,14-15,17H,10H2,1H3. The molecule has 1 saturated carbocycles. The number of ether oxygens (including phenoxy) is 1. The van der Waals surface area contributed by atoms with Crippen LogP contribution in [0.4, 0.5) is 0 Å². The number of ketones is 1. The Hall–Kier alpha value is -2.09. The fourth-order valence-electron chi connectivity index (χ4n) is 3.86. The topological polar surface area (TPSA) is 26.3 Å². The van der Waals surface area contributed by atoms with Gasteiger partial charge >= 0.3 is 0 Å². The van der Waals surface area contributed by atoms with Gasteiger partial charge in [0.15, 0.2) is 5.78 Å². The van der Waals surface area contributed by atoms with E-state index in [-0.39, 0.29) is 11.8 Å². The minimum absolute atomic E-state index is 0.131. The maximum atomic E-state index is 12.6. The summed E-state index contributed by atoms with van der Waals surface area (Å²) in [5, 5.41) is 0. The largest absolute Gasteiger partial charge is 0.496 e. The van der Waals surface area contributed by atoms with Crippen LogP contribution in [-0.2, 0) is 0 Å². The van der Waals surface area contributed by atoms with Crippen molar-refractivity contribution < 1.29 is 9.53 Å². The lowest BCUT2D eigenvalue weighted by molar-refractivity contribution is 0.0731. The lowest BCUT2D eigenvalue weighted by Crippen LogP contribution is -2.43. The smallest absolute Gasteiger partial charge is 0.166 e. The minimum atomic E-state index is 0.131. The van der Waals surface area contributed by atoms with Crippen LogP contribution in [-0.4, -0.2) is 12.9 Å². The molecule has 2 aromatic carbocycles. The molecule has 0 heterocycles. The third-order valence-corrected chi connectivity index (χ3v) is 4.84. The summed E-state index contributed by atoms with van der Waals surface area (Å²) in [6.45, 7) is 0. The summed E-state index contributed by atoms with van der Waals surface area (Å²) in [6.07, 6.45) is 0.985. The summed E-state index contributed by atoms with van der Waals surface area (Å²) < 4.78 is 5.48. The second-order valence-electron chi connectivity index (χ2n) is 5.67. The number of methoxy groups -OCH3 is 1. The first-order valence-electron chi connectivity index (χ1n) is 7.07. The summed E-state index contributed by atoms with van der Waals surface area (Å²) >= 11 is 0. The second-order valence-corrected chi connectivity index (χ2v) is 5.67. The number of carbonyl (C=O) groups excluding carboxylic acids is 1. The molecule has 0 aliphatic heterocycles. The van der Waals surface area contributed by atoms with Gasteiger partial charge in [0, 0.05) is 17.4 Å². The van der Waals surface area contributed by atoms with Crippen LogP contribution in [0.5, 0.6) is 5.75 Å². The number of para-hydroxylation sites is 1. The fraction of sp³-hybridized carbons (Fsp3) is 0.278. The lowest BCUT2D eigenvalue weighted by Gasteiger charge is -2.49. The van der Waals surface area contributed by atoms with E-state index in [0.29, 0.717) is 11.7 Å². The van der Waals surface area contributed by atoms with Gasteiger partial charge in [0.05, 0.1) is 7.11 Å². The highest BCUT2D eigenvalue weighted by Crippen LogP contribution is 2.60. The SMILES string of the molecule is COc1ccccc1C1C2CC1c1ccccc1C2=O. The molecule has 3 aliphatic rings. The van der Waals surface area contributed by atoms with Crippen LogP contribution < -0.4 is 4.74 Å². The van der Waals surface area contributed by atoms with E-state index in [4.69, 9.17) is 4.74 Å². The highest BCUT2D eigenvalue weighted by atomic mass is 16.5. The van der Waals surface area contributed by atoms with E-state index in [1.165, 1.54) is 11.1 Å². The minimum Gasteiger partial charge on any atom is -0.496 e. The summed E-state index contributed by atoms with van der Waals surface area (Å²) in [6, 6.07) is 16.2. The second kappa shape index (κ2) is 4.20. The molecule has 100 valence electrons. The molecule has 2 bridgehead atoms. The summed E-state index contributed by atoms with van der Waals surface area (Å²) in [5.41, 5.74) is 3.33. The molecule has 2 aromatic rings. The first kappa shape index (κ1) is 11.7. The average molecular weight is 264 g/mol. The molecule has 2 heteroatoms. The third kappa shape index (κ3) is 1.42. The zero-order valence-corrected chi connectivity index (χ0v) is 11.4. The molecule has 0 amide bonds. The Morgan fingerprint density at radius 2 is 1.65 bits per heavy atom. The van der Waals surface area contributed by atoms with Gasteiger partial charge in [-0.1, -0.05) is 42.5 Å². The zero-order valence-electron chi connectivity index (χ0n) is 11.4. The normalized spacial score (nSPS) is 26.6. The van der Waals surface area contributed by atoms with Crippen molar-refractivity contribution >= 4 is 5.78 Å². The highest BCUT2D eigenvalue weighted by Gasteiger charge is 2.52. The zero-order chi connectivity index (χ0) is 13.7. The molecule has 0 saturated heterocycles. The number of rotatable bonds is 2. The van der Waals surface area contributed by atoms with Gasteiger partial charge < -0.3 is 4.74 Å². The van der Waals surface area contributed by atoms with Crippen molar-refractivity contribution in [2.45, 2.75) is 18.3 Å². The molecule has 1 fully saturated rings. The maximum Gasteiger partial charge on any atom is 0.166 e. The van der Waals surface area contributed by atoms with E-state index in [2.05, 4.69) is 12.1 Å². The van der Waals surface area contributed by atoms with E-state index < -0.39 is 0 Å². The predicted molar refractivity (Wildman–Crippen MR) is 77.4 cm³/mol. The van der Waals surface area contributed by atoms with Gasteiger partial charge in [-0.15, -0.1) is 0 Å². The lowest BCUT2D eigenvalue weighted by atomic mass is 9.53. The number of hydrogen-bond donors (Lipinski definition) is 0. The van der Waals surface area contributed by atoms with Gasteiger partial charge in [-0.05, 0) is 29.5 Å². The number of benzene rings is 2. The monoisotopic (exact) mass is 264 g/mol. The van der Waals surface area contributed by atoms with Crippen molar-refractivity contribution in [3.8, 4) is 5.75 Å². The van der Waals surface area contributed by atoms with E-state index in [1.54, 1.807) is 7.11 Å². The summed E-state index contributed by atoms with van der Waals surface area (Å²) in [5.74, 6) is 2.09. The molecule has 20 heavy (non-hydrogen) atoms. The van der Waals surface area contributed by atoms with Gasteiger partial charge in [0.25, 0.3) is 0 Å². The average Bonchev–Trinajstić information content (AvgIpc) is 2.47. The fourth-order valence-corrected chi connectivity index (χ4v) is 3.86. The van der Waals surface area contributed by atoms with Crippen molar-refractivity contribution in [1.82, 2.24) is 0 Å². The quantitative estimate of drug-likeness (QED) is 0.825. The van der Waals surface area contributed by atoms with E-state index in [9.17, 15) is 4.79 Å². The molecule has 0 radical (unpaired) electrons. The molecule has 0 aromatic heterocycles. The number of carbonyl (C=O) groups is 1. The van der Waals surface area contributed by atoms with Gasteiger partial charge in [-0.2, -0.15) is 0 Å². The first-order valence-corrected chi connectivity index (χ1v) is 7.07. The Morgan fingerprint density at radius 3 is 2.45 bits per heavy atom. The van der Waals surface area contributed by atoms with Crippen molar-refractivity contribution in [3.63, 3.8) is 0 Å². The molecule has 0 N–H and O–H groups in total. The van der Waals surface area contributed by atoms with E-state index >= 15 is 0 Å². The van der Waals surface area contributed by atoms with Crippen LogP contribution in [0.25, 0.3) is 0 Å². The molecule has 3 unspecified atom stereocenters. The number of Topliss-reactive ketones (excluding diaryl/α,β-unsaturated/α-hetero) is 1. The predicted octanol–water partition coefficient (Wildman–Crippen LogP) is 3.78.